The van der Waals surface area contributed by atoms with E-state index in [2.05, 4.69) is 24.6 Å². The normalized spacial score (nSPS) is 17.4. The number of hydrazine groups is 1. The molecule has 2 N–H and O–H groups in total. The smallest absolute Gasteiger partial charge is 0.276 e. The van der Waals surface area contributed by atoms with E-state index in [1.54, 1.807) is 5.01 Å². The standard InChI is InChI=1S/C17H19N3O/c1-12(2)16-18-15-11-7-6-10-14(15)17(21)20(16)19-13-8-4-3-5-9-13/h3-12,16,18-19H,1-2H3. The van der Waals surface area contributed by atoms with Crippen LogP contribution in [-0.2, 0) is 0 Å². The number of hydrogen-bond donors (Lipinski definition) is 2. The SMILES string of the molecule is CC(C)C1Nc2ccccc2C(=O)N1Nc1ccccc1. The van der Waals surface area contributed by atoms with Crippen LogP contribution in [0.1, 0.15) is 24.2 Å². The van der Waals surface area contributed by atoms with Crippen molar-refractivity contribution >= 4 is 17.3 Å². The first-order valence-electron chi connectivity index (χ1n) is 7.17. The minimum Gasteiger partial charge on any atom is -0.363 e. The Morgan fingerprint density at radius 2 is 1.71 bits per heavy atom. The number of benzene rings is 2. The minimum atomic E-state index is -0.0902. The molecule has 0 saturated carbocycles. The van der Waals surface area contributed by atoms with E-state index in [0.717, 1.165) is 11.4 Å². The lowest BCUT2D eigenvalue weighted by molar-refractivity contribution is 0.0697. The molecule has 2 aromatic carbocycles. The van der Waals surface area contributed by atoms with Crippen molar-refractivity contribution in [2.24, 2.45) is 5.92 Å². The van der Waals surface area contributed by atoms with Gasteiger partial charge in [-0.05, 0) is 30.2 Å². The molecule has 0 bridgehead atoms. The van der Waals surface area contributed by atoms with Crippen LogP contribution in [0.4, 0.5) is 11.4 Å². The van der Waals surface area contributed by atoms with Gasteiger partial charge in [0, 0.05) is 5.69 Å². The van der Waals surface area contributed by atoms with Crippen LogP contribution in [0.25, 0.3) is 0 Å². The number of nitrogens with zero attached hydrogens (tertiary/aromatic N) is 1. The molecule has 108 valence electrons. The third-order valence-corrected chi connectivity index (χ3v) is 3.61. The highest BCUT2D eigenvalue weighted by molar-refractivity contribution is 6.02. The second-order valence-electron chi connectivity index (χ2n) is 5.53. The Bertz CT molecular complexity index is 639. The summed E-state index contributed by atoms with van der Waals surface area (Å²) in [5.41, 5.74) is 5.71. The van der Waals surface area contributed by atoms with E-state index in [1.165, 1.54) is 0 Å². The highest BCUT2D eigenvalue weighted by Crippen LogP contribution is 2.28. The average molecular weight is 281 g/mol. The van der Waals surface area contributed by atoms with Crippen LogP contribution in [0.15, 0.2) is 54.6 Å². The Kier molecular flexibility index (Phi) is 3.52. The largest absolute Gasteiger partial charge is 0.363 e. The molecular formula is C17H19N3O. The maximum Gasteiger partial charge on any atom is 0.276 e. The van der Waals surface area contributed by atoms with Crippen LogP contribution in [0, 0.1) is 5.92 Å². The lowest BCUT2D eigenvalue weighted by Crippen LogP contribution is -2.54. The van der Waals surface area contributed by atoms with Crippen molar-refractivity contribution in [3.8, 4) is 0 Å². The van der Waals surface area contributed by atoms with Gasteiger partial charge in [0.05, 0.1) is 11.3 Å². The zero-order chi connectivity index (χ0) is 14.8. The van der Waals surface area contributed by atoms with Crippen molar-refractivity contribution in [1.82, 2.24) is 5.01 Å². The van der Waals surface area contributed by atoms with Crippen LogP contribution in [0.5, 0.6) is 0 Å². The number of para-hydroxylation sites is 2. The van der Waals surface area contributed by atoms with E-state index in [1.807, 2.05) is 54.6 Å². The fraction of sp³-hybridized carbons (Fsp3) is 0.235. The molecule has 0 spiro atoms. The Hall–Kier alpha value is -2.49. The van der Waals surface area contributed by atoms with E-state index in [4.69, 9.17) is 0 Å². The van der Waals surface area contributed by atoms with Gasteiger partial charge in [0.25, 0.3) is 5.91 Å². The average Bonchev–Trinajstić information content (AvgIpc) is 2.51. The van der Waals surface area contributed by atoms with E-state index >= 15 is 0 Å². The monoisotopic (exact) mass is 281 g/mol. The summed E-state index contributed by atoms with van der Waals surface area (Å²) in [5, 5.41) is 5.12. The van der Waals surface area contributed by atoms with Gasteiger partial charge < -0.3 is 5.32 Å². The van der Waals surface area contributed by atoms with Crippen molar-refractivity contribution in [3.05, 3.63) is 60.2 Å². The van der Waals surface area contributed by atoms with Gasteiger partial charge in [-0.25, -0.2) is 5.01 Å². The minimum absolute atomic E-state index is 0.00750. The second kappa shape index (κ2) is 5.48. The molecule has 0 saturated heterocycles. The number of anilines is 2. The summed E-state index contributed by atoms with van der Waals surface area (Å²) in [4.78, 5) is 12.8. The first-order chi connectivity index (χ1) is 10.2. The summed E-state index contributed by atoms with van der Waals surface area (Å²) in [6, 6.07) is 17.4. The second-order valence-corrected chi connectivity index (χ2v) is 5.53. The van der Waals surface area contributed by atoms with Crippen molar-refractivity contribution in [1.29, 1.82) is 0 Å². The summed E-state index contributed by atoms with van der Waals surface area (Å²) in [5.74, 6) is 0.269. The fourth-order valence-electron chi connectivity index (χ4n) is 2.51. The van der Waals surface area contributed by atoms with Gasteiger partial charge in [-0.3, -0.25) is 10.2 Å². The lowest BCUT2D eigenvalue weighted by Gasteiger charge is -2.40. The van der Waals surface area contributed by atoms with Crippen LogP contribution in [0.3, 0.4) is 0 Å². The van der Waals surface area contributed by atoms with Gasteiger partial charge in [0.2, 0.25) is 0 Å². The lowest BCUT2D eigenvalue weighted by atomic mass is 10.0. The molecule has 21 heavy (non-hydrogen) atoms. The van der Waals surface area contributed by atoms with E-state index < -0.39 is 0 Å². The molecule has 1 amide bonds. The highest BCUT2D eigenvalue weighted by Gasteiger charge is 2.33. The topological polar surface area (TPSA) is 44.4 Å². The summed E-state index contributed by atoms with van der Waals surface area (Å²) in [6.07, 6.45) is -0.0902. The van der Waals surface area contributed by atoms with Gasteiger partial charge in [-0.1, -0.05) is 44.2 Å². The van der Waals surface area contributed by atoms with Crippen molar-refractivity contribution in [2.75, 3.05) is 10.7 Å². The number of rotatable bonds is 3. The maximum absolute atomic E-state index is 12.8. The zero-order valence-corrected chi connectivity index (χ0v) is 12.2. The Balaban J connectivity index is 1.95. The van der Waals surface area contributed by atoms with E-state index in [-0.39, 0.29) is 18.0 Å². The Morgan fingerprint density at radius 1 is 1.05 bits per heavy atom. The predicted octanol–water partition coefficient (Wildman–Crippen LogP) is 3.56. The number of fused-ring (bicyclic) bond motifs is 1. The predicted molar refractivity (Wildman–Crippen MR) is 84.9 cm³/mol. The molecule has 1 unspecified atom stereocenters. The molecule has 0 aliphatic carbocycles. The van der Waals surface area contributed by atoms with Gasteiger partial charge in [0.1, 0.15) is 6.17 Å². The number of nitrogens with one attached hydrogen (secondary N) is 2. The quantitative estimate of drug-likeness (QED) is 0.904. The molecule has 2 aromatic rings. The molecular weight excluding hydrogens is 262 g/mol. The number of hydrogen-bond acceptors (Lipinski definition) is 3. The summed E-state index contributed by atoms with van der Waals surface area (Å²) in [6.45, 7) is 4.19. The zero-order valence-electron chi connectivity index (χ0n) is 12.2. The van der Waals surface area contributed by atoms with Crippen molar-refractivity contribution in [2.45, 2.75) is 20.0 Å². The molecule has 1 atom stereocenters. The molecule has 0 radical (unpaired) electrons. The molecule has 1 heterocycles. The maximum atomic E-state index is 12.8. The van der Waals surface area contributed by atoms with Crippen LogP contribution in [0.2, 0.25) is 0 Å². The first kappa shape index (κ1) is 13.5. The van der Waals surface area contributed by atoms with Gasteiger partial charge in [0.15, 0.2) is 0 Å². The number of carbonyl (C=O) groups is 1. The van der Waals surface area contributed by atoms with Gasteiger partial charge in [-0.15, -0.1) is 0 Å². The van der Waals surface area contributed by atoms with Crippen molar-refractivity contribution in [3.63, 3.8) is 0 Å². The molecule has 1 aliphatic rings. The molecule has 4 nitrogen and oxygen atoms in total. The number of amides is 1. The van der Waals surface area contributed by atoms with E-state index in [9.17, 15) is 4.79 Å². The molecule has 4 heteroatoms. The molecule has 0 fully saturated rings. The third-order valence-electron chi connectivity index (χ3n) is 3.61. The fourth-order valence-corrected chi connectivity index (χ4v) is 2.51. The van der Waals surface area contributed by atoms with Crippen LogP contribution < -0.4 is 10.7 Å². The summed E-state index contributed by atoms with van der Waals surface area (Å²) in [7, 11) is 0. The summed E-state index contributed by atoms with van der Waals surface area (Å²) >= 11 is 0. The van der Waals surface area contributed by atoms with Gasteiger partial charge in [-0.2, -0.15) is 0 Å². The molecule has 3 rings (SSSR count). The first-order valence-corrected chi connectivity index (χ1v) is 7.17. The Labute approximate surface area is 124 Å². The Morgan fingerprint density at radius 3 is 2.43 bits per heavy atom. The van der Waals surface area contributed by atoms with Crippen LogP contribution >= 0.6 is 0 Å². The highest BCUT2D eigenvalue weighted by atomic mass is 16.2. The molecule has 0 aromatic heterocycles. The van der Waals surface area contributed by atoms with Crippen LogP contribution in [-0.4, -0.2) is 17.1 Å². The molecule has 1 aliphatic heterocycles. The van der Waals surface area contributed by atoms with Gasteiger partial charge >= 0.3 is 0 Å². The third kappa shape index (κ3) is 2.57. The van der Waals surface area contributed by atoms with E-state index in [0.29, 0.717) is 5.56 Å². The number of carbonyl (C=O) groups excluding carboxylic acids is 1. The van der Waals surface area contributed by atoms with Crippen molar-refractivity contribution < 1.29 is 4.79 Å². The summed E-state index contributed by atoms with van der Waals surface area (Å²) < 4.78 is 0.